The summed E-state index contributed by atoms with van der Waals surface area (Å²) in [6, 6.07) is 31.1. The third-order valence-corrected chi connectivity index (χ3v) is 7.95. The second-order valence-electron chi connectivity index (χ2n) is 11.4. The molecule has 0 saturated carbocycles. The molecule has 8 bridgehead atoms. The average molecular weight is 607 g/mol. The van der Waals surface area contributed by atoms with E-state index in [0.717, 1.165) is 65.9 Å². The molecule has 234 valence electrons. The van der Waals surface area contributed by atoms with Crippen LogP contribution in [-0.2, 0) is 9.47 Å². The van der Waals surface area contributed by atoms with Crippen LogP contribution in [0, 0.1) is 0 Å². The molecule has 0 aromatic heterocycles. The third-order valence-electron chi connectivity index (χ3n) is 7.95. The highest BCUT2D eigenvalue weighted by atomic mass is 16.5. The lowest BCUT2D eigenvalue weighted by Crippen LogP contribution is -2.08. The molecule has 7 heterocycles. The predicted octanol–water partition coefficient (Wildman–Crippen LogP) is 9.32. The number of benzene rings is 4. The molecule has 0 spiro atoms. The summed E-state index contributed by atoms with van der Waals surface area (Å²) < 4.78 is 22.8. The van der Waals surface area contributed by atoms with Crippen molar-refractivity contribution in [1.29, 1.82) is 0 Å². The number of hydrogen-bond acceptors (Lipinski definition) is 6. The summed E-state index contributed by atoms with van der Waals surface area (Å²) in [4.78, 5) is 25.0. The van der Waals surface area contributed by atoms with Crippen LogP contribution in [0.2, 0.25) is 0 Å². The fourth-order valence-corrected chi connectivity index (χ4v) is 5.25. The van der Waals surface area contributed by atoms with Crippen molar-refractivity contribution in [3.63, 3.8) is 0 Å². The number of esters is 2. The van der Waals surface area contributed by atoms with Crippen LogP contribution in [0.3, 0.4) is 0 Å². The van der Waals surface area contributed by atoms with Crippen molar-refractivity contribution in [3.05, 3.63) is 108 Å². The Labute approximate surface area is 266 Å². The molecule has 0 aliphatic carbocycles. The molecule has 6 nitrogen and oxygen atoms in total. The summed E-state index contributed by atoms with van der Waals surface area (Å²) in [5.74, 6) is 1.06. The maximum Gasteiger partial charge on any atom is 0.338 e. The highest BCUT2D eigenvalue weighted by molar-refractivity contribution is 5.90. The Balaban J connectivity index is 1.14. The minimum absolute atomic E-state index is 0.324. The number of ether oxygens (including phenoxy) is 4. The van der Waals surface area contributed by atoms with Crippen LogP contribution in [0.4, 0.5) is 0 Å². The van der Waals surface area contributed by atoms with Crippen LogP contribution in [0.15, 0.2) is 97.1 Å². The van der Waals surface area contributed by atoms with Gasteiger partial charge in [-0.05, 0) is 103 Å². The first-order chi connectivity index (χ1) is 22.2. The SMILES string of the molecule is O=C1OCCCCCOC(=O)c2ccc(cc2)-c2ccc(cc2)OCCCCCCCCOc2ccc(cc2)-c2ccc1cc2. The molecule has 11 rings (SSSR count). The van der Waals surface area contributed by atoms with Crippen molar-refractivity contribution < 1.29 is 28.5 Å². The topological polar surface area (TPSA) is 71.1 Å². The molecular weight excluding hydrogens is 564 g/mol. The second-order valence-corrected chi connectivity index (χ2v) is 11.4. The van der Waals surface area contributed by atoms with E-state index in [4.69, 9.17) is 18.9 Å². The number of hydrogen-bond donors (Lipinski definition) is 0. The van der Waals surface area contributed by atoms with E-state index < -0.39 is 0 Å². The largest absolute Gasteiger partial charge is 0.494 e. The lowest BCUT2D eigenvalue weighted by Gasteiger charge is -2.09. The molecule has 4 aromatic carbocycles. The lowest BCUT2D eigenvalue weighted by atomic mass is 10.0. The van der Waals surface area contributed by atoms with E-state index in [-0.39, 0.29) is 11.9 Å². The van der Waals surface area contributed by atoms with Gasteiger partial charge in [-0.3, -0.25) is 0 Å². The van der Waals surface area contributed by atoms with Gasteiger partial charge in [-0.25, -0.2) is 9.59 Å². The molecule has 4 aromatic rings. The second kappa shape index (κ2) is 17.0. The van der Waals surface area contributed by atoms with Gasteiger partial charge in [0.1, 0.15) is 11.5 Å². The zero-order valence-corrected chi connectivity index (χ0v) is 25.9. The summed E-state index contributed by atoms with van der Waals surface area (Å²) >= 11 is 0. The Hall–Kier alpha value is -4.58. The van der Waals surface area contributed by atoms with Crippen molar-refractivity contribution in [2.24, 2.45) is 0 Å². The Morgan fingerprint density at radius 1 is 0.289 bits per heavy atom. The molecule has 0 unspecified atom stereocenters. The van der Waals surface area contributed by atoms with Gasteiger partial charge in [-0.15, -0.1) is 0 Å². The summed E-state index contributed by atoms with van der Waals surface area (Å²) in [5.41, 5.74) is 5.23. The zero-order chi connectivity index (χ0) is 31.1. The standard InChI is InChI=1S/C39H42O6/c40-38-34-14-10-30(11-15-34)32-18-22-36(23-19-32)42-26-6-3-1-2-4-7-27-43-37-24-20-33(21-25-37)31-12-16-35(17-13-31)39(41)45-29-9-5-8-28-44-38/h10-25H,1-9,26-29H2. The molecule has 0 amide bonds. The van der Waals surface area contributed by atoms with Gasteiger partial charge in [0.05, 0.1) is 37.6 Å². The van der Waals surface area contributed by atoms with E-state index in [0.29, 0.717) is 50.4 Å². The Morgan fingerprint density at radius 2 is 0.533 bits per heavy atom. The van der Waals surface area contributed by atoms with Crippen molar-refractivity contribution in [3.8, 4) is 33.8 Å². The van der Waals surface area contributed by atoms with Gasteiger partial charge in [-0.1, -0.05) is 74.2 Å². The van der Waals surface area contributed by atoms with E-state index in [1.54, 1.807) is 24.3 Å². The molecule has 0 N–H and O–H groups in total. The van der Waals surface area contributed by atoms with E-state index in [9.17, 15) is 9.59 Å². The fourth-order valence-electron chi connectivity index (χ4n) is 5.25. The van der Waals surface area contributed by atoms with Gasteiger partial charge in [0.2, 0.25) is 0 Å². The molecule has 6 heteroatoms. The first-order valence-electron chi connectivity index (χ1n) is 16.2. The molecule has 45 heavy (non-hydrogen) atoms. The van der Waals surface area contributed by atoms with Crippen LogP contribution in [0.25, 0.3) is 22.3 Å². The third kappa shape index (κ3) is 9.97. The van der Waals surface area contributed by atoms with Crippen LogP contribution >= 0.6 is 0 Å². The maximum atomic E-state index is 12.5. The van der Waals surface area contributed by atoms with Gasteiger partial charge < -0.3 is 18.9 Å². The van der Waals surface area contributed by atoms with Gasteiger partial charge in [-0.2, -0.15) is 0 Å². The summed E-state index contributed by atoms with van der Waals surface area (Å²) in [5, 5.41) is 0. The minimum atomic E-state index is -0.336. The van der Waals surface area contributed by atoms with Crippen molar-refractivity contribution >= 4 is 11.9 Å². The summed E-state index contributed by atoms with van der Waals surface area (Å²) in [7, 11) is 0. The van der Waals surface area contributed by atoms with Gasteiger partial charge in [0.15, 0.2) is 0 Å². The van der Waals surface area contributed by atoms with E-state index >= 15 is 0 Å². The number of carbonyl (C=O) groups excluding carboxylic acids is 2. The molecular formula is C39H42O6. The van der Waals surface area contributed by atoms with Gasteiger partial charge in [0, 0.05) is 0 Å². The minimum Gasteiger partial charge on any atom is -0.494 e. The van der Waals surface area contributed by atoms with Crippen molar-refractivity contribution in [1.82, 2.24) is 0 Å². The Morgan fingerprint density at radius 3 is 0.889 bits per heavy atom. The molecule has 0 saturated heterocycles. The molecule has 0 radical (unpaired) electrons. The fraction of sp³-hybridized carbons (Fsp3) is 0.333. The van der Waals surface area contributed by atoms with Crippen molar-refractivity contribution in [2.45, 2.75) is 57.8 Å². The van der Waals surface area contributed by atoms with E-state index in [2.05, 4.69) is 0 Å². The lowest BCUT2D eigenvalue weighted by molar-refractivity contribution is 0.0478. The highest BCUT2D eigenvalue weighted by Gasteiger charge is 2.10. The van der Waals surface area contributed by atoms with E-state index in [1.807, 2.05) is 72.8 Å². The Kier molecular flexibility index (Phi) is 12.1. The normalized spacial score (nSPS) is 16.1. The van der Waals surface area contributed by atoms with Gasteiger partial charge in [0.25, 0.3) is 0 Å². The maximum absolute atomic E-state index is 12.5. The molecule has 0 atom stereocenters. The summed E-state index contributed by atoms with van der Waals surface area (Å²) in [6.45, 7) is 2.08. The predicted molar refractivity (Wildman–Crippen MR) is 177 cm³/mol. The molecule has 7 aliphatic rings. The van der Waals surface area contributed by atoms with Crippen LogP contribution < -0.4 is 9.47 Å². The summed E-state index contributed by atoms with van der Waals surface area (Å²) in [6.07, 6.45) is 8.95. The van der Waals surface area contributed by atoms with Gasteiger partial charge >= 0.3 is 11.9 Å². The molecule has 0 fully saturated rings. The number of carbonyl (C=O) groups is 2. The van der Waals surface area contributed by atoms with E-state index in [1.165, 1.54) is 12.8 Å². The highest BCUT2D eigenvalue weighted by Crippen LogP contribution is 2.25. The zero-order valence-electron chi connectivity index (χ0n) is 25.9. The Bertz CT molecular complexity index is 1360. The van der Waals surface area contributed by atoms with Crippen molar-refractivity contribution in [2.75, 3.05) is 26.4 Å². The first-order valence-corrected chi connectivity index (χ1v) is 16.2. The average Bonchev–Trinajstić information content (AvgIpc) is 3.09. The smallest absolute Gasteiger partial charge is 0.338 e. The monoisotopic (exact) mass is 606 g/mol. The quantitative estimate of drug-likeness (QED) is 0.186. The molecule has 7 aliphatic heterocycles. The number of rotatable bonds is 0. The van der Waals surface area contributed by atoms with Crippen LogP contribution in [0.1, 0.15) is 78.5 Å². The first kappa shape index (κ1) is 31.8. The van der Waals surface area contributed by atoms with Crippen LogP contribution in [-0.4, -0.2) is 38.4 Å². The van der Waals surface area contributed by atoms with Crippen LogP contribution in [0.5, 0.6) is 11.5 Å².